The molecule has 0 saturated heterocycles. The lowest BCUT2D eigenvalue weighted by atomic mass is 9.94. The van der Waals surface area contributed by atoms with Crippen LogP contribution in [0.5, 0.6) is 5.75 Å². The summed E-state index contributed by atoms with van der Waals surface area (Å²) in [5.74, 6) is 0.183. The Morgan fingerprint density at radius 2 is 1.97 bits per heavy atom. The van der Waals surface area contributed by atoms with Gasteiger partial charge in [0.15, 0.2) is 0 Å². The molecule has 0 fully saturated rings. The lowest BCUT2D eigenvalue weighted by Gasteiger charge is -2.27. The van der Waals surface area contributed by atoms with Crippen molar-refractivity contribution in [3.05, 3.63) is 76.0 Å². The zero-order chi connectivity index (χ0) is 23.5. The Morgan fingerprint density at radius 3 is 2.64 bits per heavy atom. The highest BCUT2D eigenvalue weighted by Gasteiger charge is 2.35. The number of halogens is 1. The molecule has 4 rings (SSSR count). The van der Waals surface area contributed by atoms with Gasteiger partial charge in [0.05, 0.1) is 41.2 Å². The molecule has 9 heteroatoms. The standard InChI is InChI=1S/C24H23BrN4O4/c1-4-33-23(30)20-14(2)26-24(31)27-22(20)17-13-29(16-8-6-5-7-9-16)28-21(17)15-10-11-19(32-3)18(25)12-15/h5-13,22H,4H2,1-3H3,(H2,26,27,31)/t22-/m0/s1. The summed E-state index contributed by atoms with van der Waals surface area (Å²) in [5, 5.41) is 10.4. The first kappa shape index (κ1) is 22.6. The first-order chi connectivity index (χ1) is 15.9. The van der Waals surface area contributed by atoms with E-state index in [-0.39, 0.29) is 6.61 Å². The molecule has 1 atom stereocenters. The fourth-order valence-electron chi connectivity index (χ4n) is 3.76. The van der Waals surface area contributed by atoms with E-state index in [2.05, 4.69) is 26.6 Å². The Bertz CT molecular complexity index is 1240. The third-order valence-corrected chi connectivity index (χ3v) is 5.88. The number of para-hydroxylation sites is 1. The Kier molecular flexibility index (Phi) is 6.50. The molecule has 2 N–H and O–H groups in total. The van der Waals surface area contributed by atoms with E-state index >= 15 is 0 Å². The van der Waals surface area contributed by atoms with E-state index in [1.54, 1.807) is 25.6 Å². The van der Waals surface area contributed by atoms with Crippen molar-refractivity contribution in [1.82, 2.24) is 20.4 Å². The van der Waals surface area contributed by atoms with Gasteiger partial charge in [-0.1, -0.05) is 18.2 Å². The van der Waals surface area contributed by atoms with Gasteiger partial charge in [-0.05, 0) is 60.1 Å². The summed E-state index contributed by atoms with van der Waals surface area (Å²) in [7, 11) is 1.60. The lowest BCUT2D eigenvalue weighted by molar-refractivity contribution is -0.139. The SMILES string of the molecule is CCOC(=O)C1=C(C)NC(=O)N[C@H]1c1cn(-c2ccccc2)nc1-c1ccc(OC)c(Br)c1. The smallest absolute Gasteiger partial charge is 0.338 e. The minimum atomic E-state index is -0.744. The maximum Gasteiger partial charge on any atom is 0.338 e. The molecule has 8 nitrogen and oxygen atoms in total. The number of hydrogen-bond acceptors (Lipinski definition) is 5. The number of rotatable bonds is 6. The highest BCUT2D eigenvalue weighted by molar-refractivity contribution is 9.10. The van der Waals surface area contributed by atoms with E-state index < -0.39 is 18.0 Å². The molecule has 33 heavy (non-hydrogen) atoms. The maximum absolute atomic E-state index is 12.8. The van der Waals surface area contributed by atoms with Gasteiger partial charge >= 0.3 is 12.0 Å². The van der Waals surface area contributed by atoms with Crippen LogP contribution in [0.3, 0.4) is 0 Å². The number of benzene rings is 2. The van der Waals surface area contributed by atoms with Gasteiger partial charge in [-0.15, -0.1) is 0 Å². The minimum Gasteiger partial charge on any atom is -0.496 e. The molecule has 0 radical (unpaired) electrons. The van der Waals surface area contributed by atoms with Crippen LogP contribution in [-0.4, -0.2) is 35.5 Å². The van der Waals surface area contributed by atoms with Crippen molar-refractivity contribution in [2.45, 2.75) is 19.9 Å². The third kappa shape index (κ3) is 4.49. The molecule has 0 aliphatic carbocycles. The topological polar surface area (TPSA) is 94.5 Å². The van der Waals surface area contributed by atoms with E-state index in [1.807, 2.05) is 54.7 Å². The number of carbonyl (C=O) groups is 2. The number of methoxy groups -OCH3 is 1. The molecule has 1 aromatic heterocycles. The van der Waals surface area contributed by atoms with E-state index in [4.69, 9.17) is 14.6 Å². The van der Waals surface area contributed by atoms with Crippen molar-refractivity contribution in [2.24, 2.45) is 0 Å². The molecule has 2 amide bonds. The summed E-state index contributed by atoms with van der Waals surface area (Å²) in [6.45, 7) is 3.65. The summed E-state index contributed by atoms with van der Waals surface area (Å²) in [6.07, 6.45) is 1.82. The Labute approximate surface area is 199 Å². The van der Waals surface area contributed by atoms with Crippen LogP contribution in [0, 0.1) is 0 Å². The van der Waals surface area contributed by atoms with Crippen LogP contribution >= 0.6 is 15.9 Å². The minimum absolute atomic E-state index is 0.220. The number of carbonyl (C=O) groups excluding carboxylic acids is 2. The number of hydrogen-bond donors (Lipinski definition) is 2. The number of nitrogens with one attached hydrogen (secondary N) is 2. The molecule has 2 aromatic carbocycles. The van der Waals surface area contributed by atoms with Crippen molar-refractivity contribution < 1.29 is 19.1 Å². The van der Waals surface area contributed by atoms with E-state index in [1.165, 1.54) is 0 Å². The van der Waals surface area contributed by atoms with Gasteiger partial charge in [0.2, 0.25) is 0 Å². The van der Waals surface area contributed by atoms with Gasteiger partial charge in [0, 0.05) is 23.0 Å². The second-order valence-corrected chi connectivity index (χ2v) is 8.21. The van der Waals surface area contributed by atoms with Crippen LogP contribution in [0.4, 0.5) is 4.79 Å². The van der Waals surface area contributed by atoms with Crippen LogP contribution in [0.15, 0.2) is 70.5 Å². The van der Waals surface area contributed by atoms with Gasteiger partial charge in [0.1, 0.15) is 5.75 Å². The summed E-state index contributed by atoms with van der Waals surface area (Å²) in [4.78, 5) is 25.2. The molecule has 0 saturated carbocycles. The largest absolute Gasteiger partial charge is 0.496 e. The zero-order valence-electron chi connectivity index (χ0n) is 18.4. The van der Waals surface area contributed by atoms with E-state index in [0.29, 0.717) is 28.3 Å². The Balaban J connectivity index is 1.91. The fraction of sp³-hybridized carbons (Fsp3) is 0.208. The molecule has 0 bridgehead atoms. The Hall–Kier alpha value is -3.59. The first-order valence-corrected chi connectivity index (χ1v) is 11.2. The van der Waals surface area contributed by atoms with Gasteiger partial charge in [-0.2, -0.15) is 5.10 Å². The normalized spacial score (nSPS) is 15.6. The van der Waals surface area contributed by atoms with Crippen LogP contribution in [0.25, 0.3) is 16.9 Å². The van der Waals surface area contributed by atoms with Crippen molar-refractivity contribution in [1.29, 1.82) is 0 Å². The van der Waals surface area contributed by atoms with E-state index in [9.17, 15) is 9.59 Å². The predicted octanol–water partition coefficient (Wildman–Crippen LogP) is 4.50. The zero-order valence-corrected chi connectivity index (χ0v) is 20.0. The van der Waals surface area contributed by atoms with Crippen molar-refractivity contribution in [3.8, 4) is 22.7 Å². The van der Waals surface area contributed by atoms with Crippen LogP contribution in [0.2, 0.25) is 0 Å². The highest BCUT2D eigenvalue weighted by atomic mass is 79.9. The van der Waals surface area contributed by atoms with Crippen LogP contribution in [0.1, 0.15) is 25.5 Å². The number of ether oxygens (including phenoxy) is 2. The molecular weight excluding hydrogens is 488 g/mol. The van der Waals surface area contributed by atoms with Crippen molar-refractivity contribution in [3.63, 3.8) is 0 Å². The quantitative estimate of drug-likeness (QED) is 0.476. The number of esters is 1. The monoisotopic (exact) mass is 510 g/mol. The van der Waals surface area contributed by atoms with Crippen molar-refractivity contribution in [2.75, 3.05) is 13.7 Å². The number of aromatic nitrogens is 2. The highest BCUT2D eigenvalue weighted by Crippen LogP contribution is 2.37. The fourth-order valence-corrected chi connectivity index (χ4v) is 4.30. The van der Waals surface area contributed by atoms with Gasteiger partial charge < -0.3 is 20.1 Å². The molecule has 170 valence electrons. The second-order valence-electron chi connectivity index (χ2n) is 7.35. The molecule has 1 aliphatic heterocycles. The van der Waals surface area contributed by atoms with Gasteiger partial charge in [-0.3, -0.25) is 0 Å². The molecule has 0 unspecified atom stereocenters. The van der Waals surface area contributed by atoms with E-state index in [0.717, 1.165) is 15.7 Å². The number of amides is 2. The summed E-state index contributed by atoms with van der Waals surface area (Å²) in [5.41, 5.74) is 3.68. The van der Waals surface area contributed by atoms with Crippen molar-refractivity contribution >= 4 is 27.9 Å². The number of urea groups is 1. The number of allylic oxidation sites excluding steroid dienone is 1. The predicted molar refractivity (Wildman–Crippen MR) is 127 cm³/mol. The maximum atomic E-state index is 12.8. The second kappa shape index (κ2) is 9.50. The summed E-state index contributed by atoms with van der Waals surface area (Å²) in [6, 6.07) is 14.1. The molecule has 3 aromatic rings. The summed E-state index contributed by atoms with van der Waals surface area (Å²) < 4.78 is 13.1. The van der Waals surface area contributed by atoms with Crippen LogP contribution < -0.4 is 15.4 Å². The third-order valence-electron chi connectivity index (χ3n) is 5.26. The van der Waals surface area contributed by atoms with Gasteiger partial charge in [0.25, 0.3) is 0 Å². The van der Waals surface area contributed by atoms with Crippen LogP contribution in [-0.2, 0) is 9.53 Å². The van der Waals surface area contributed by atoms with Gasteiger partial charge in [-0.25, -0.2) is 14.3 Å². The molecular formula is C24H23BrN4O4. The molecule has 1 aliphatic rings. The molecule has 0 spiro atoms. The summed E-state index contributed by atoms with van der Waals surface area (Å²) >= 11 is 3.53. The average Bonchev–Trinajstić information content (AvgIpc) is 3.24. The average molecular weight is 511 g/mol. The number of nitrogens with zero attached hydrogens (tertiary/aromatic N) is 2. The first-order valence-electron chi connectivity index (χ1n) is 10.4. The molecule has 2 heterocycles. The Morgan fingerprint density at radius 1 is 1.21 bits per heavy atom. The lowest BCUT2D eigenvalue weighted by Crippen LogP contribution is -2.45.